The van der Waals surface area contributed by atoms with E-state index in [0.29, 0.717) is 0 Å². The lowest BCUT2D eigenvalue weighted by Crippen LogP contribution is -2.32. The van der Waals surface area contributed by atoms with Gasteiger partial charge in [0.05, 0.1) is 33.0 Å². The molecule has 0 fully saturated rings. The van der Waals surface area contributed by atoms with E-state index in [1.807, 2.05) is 0 Å². The van der Waals surface area contributed by atoms with E-state index in [4.69, 9.17) is 20.3 Å². The van der Waals surface area contributed by atoms with E-state index in [2.05, 4.69) is 4.74 Å². The Kier molecular flexibility index (Phi) is 9.06. The summed E-state index contributed by atoms with van der Waals surface area (Å²) in [6.07, 6.45) is -1.50. The average Bonchev–Trinajstić information content (AvgIpc) is 2.27. The first-order chi connectivity index (χ1) is 7.63. The van der Waals surface area contributed by atoms with Gasteiger partial charge in [-0.1, -0.05) is 0 Å². The first-order valence-corrected chi connectivity index (χ1v) is 4.89. The molecule has 0 bridgehead atoms. The highest BCUT2D eigenvalue weighted by Gasteiger charge is 2.13. The summed E-state index contributed by atoms with van der Waals surface area (Å²) in [6, 6.07) is 0. The van der Waals surface area contributed by atoms with Crippen LogP contribution in [-0.4, -0.2) is 68.5 Å². The van der Waals surface area contributed by atoms with Crippen LogP contribution in [0.3, 0.4) is 0 Å². The van der Waals surface area contributed by atoms with Crippen molar-refractivity contribution in [3.63, 3.8) is 0 Å². The third kappa shape index (κ3) is 7.55. The number of ether oxygens (including phenoxy) is 3. The molecule has 16 heavy (non-hydrogen) atoms. The van der Waals surface area contributed by atoms with E-state index < -0.39 is 18.2 Å². The maximum atomic E-state index is 10.8. The number of hydrogen-bond acceptors (Lipinski definition) is 7. The fourth-order valence-corrected chi connectivity index (χ4v) is 0.934. The Balaban J connectivity index is 3.66. The topological polar surface area (TPSA) is 111 Å². The molecule has 7 heteroatoms. The molecule has 0 aliphatic rings. The van der Waals surface area contributed by atoms with Gasteiger partial charge in [-0.3, -0.25) is 4.79 Å². The van der Waals surface area contributed by atoms with Crippen molar-refractivity contribution >= 4 is 5.97 Å². The molecule has 0 aromatic heterocycles. The maximum Gasteiger partial charge on any atom is 0.320 e. The minimum atomic E-state index is -0.759. The van der Waals surface area contributed by atoms with Gasteiger partial charge in [0.2, 0.25) is 0 Å². The zero-order chi connectivity index (χ0) is 12.4. The lowest BCUT2D eigenvalue weighted by Gasteiger charge is -2.16. The highest BCUT2D eigenvalue weighted by molar-refractivity contribution is 5.71. The predicted molar refractivity (Wildman–Crippen MR) is 54.7 cm³/mol. The maximum absolute atomic E-state index is 10.8. The molecule has 0 aromatic rings. The molecule has 2 atom stereocenters. The number of carbonyl (C=O) groups excluding carboxylic acids is 1. The summed E-state index contributed by atoms with van der Waals surface area (Å²) < 4.78 is 14.5. The molecule has 0 radical (unpaired) electrons. The summed E-state index contributed by atoms with van der Waals surface area (Å²) in [5.41, 5.74) is 5.04. The molecule has 0 saturated carbocycles. The van der Waals surface area contributed by atoms with Gasteiger partial charge in [0, 0.05) is 7.11 Å². The molecule has 4 N–H and O–H groups in total. The van der Waals surface area contributed by atoms with Crippen molar-refractivity contribution in [1.29, 1.82) is 0 Å². The van der Waals surface area contributed by atoms with Crippen molar-refractivity contribution in [3.05, 3.63) is 0 Å². The van der Waals surface area contributed by atoms with Crippen LogP contribution in [0, 0.1) is 0 Å². The quantitative estimate of drug-likeness (QED) is 0.393. The van der Waals surface area contributed by atoms with Gasteiger partial charge in [-0.15, -0.1) is 0 Å². The van der Waals surface area contributed by atoms with Gasteiger partial charge in [-0.2, -0.15) is 0 Å². The van der Waals surface area contributed by atoms with Crippen molar-refractivity contribution < 1.29 is 29.2 Å². The lowest BCUT2D eigenvalue weighted by atomic mass is 10.4. The van der Waals surface area contributed by atoms with Crippen LogP contribution in [0.25, 0.3) is 0 Å². The van der Waals surface area contributed by atoms with Gasteiger partial charge < -0.3 is 30.2 Å². The van der Waals surface area contributed by atoms with Crippen LogP contribution in [0.5, 0.6) is 0 Å². The molecule has 0 amide bonds. The van der Waals surface area contributed by atoms with Gasteiger partial charge >= 0.3 is 5.97 Å². The Morgan fingerprint density at radius 1 is 1.38 bits per heavy atom. The van der Waals surface area contributed by atoms with Crippen molar-refractivity contribution in [1.82, 2.24) is 0 Å². The molecule has 0 saturated heterocycles. The molecule has 0 spiro atoms. The molecular weight excluding hydrogens is 218 g/mol. The SMILES string of the molecule is COCC(O)COCC(CO)OC(=O)CN. The summed E-state index contributed by atoms with van der Waals surface area (Å²) in [4.78, 5) is 10.8. The van der Waals surface area contributed by atoms with Crippen LogP contribution in [0.15, 0.2) is 0 Å². The number of rotatable bonds is 9. The molecular formula is C9H19NO6. The summed E-state index contributed by atoms with van der Waals surface area (Å²) in [6.45, 7) is -0.394. The second-order valence-electron chi connectivity index (χ2n) is 3.15. The van der Waals surface area contributed by atoms with E-state index in [0.717, 1.165) is 0 Å². The number of hydrogen-bond donors (Lipinski definition) is 3. The summed E-state index contributed by atoms with van der Waals surface area (Å²) in [7, 11) is 1.46. The van der Waals surface area contributed by atoms with Crippen LogP contribution < -0.4 is 5.73 Å². The Morgan fingerprint density at radius 2 is 2.06 bits per heavy atom. The monoisotopic (exact) mass is 237 g/mol. The number of nitrogens with two attached hydrogens (primary N) is 1. The highest BCUT2D eigenvalue weighted by Crippen LogP contribution is 1.95. The van der Waals surface area contributed by atoms with E-state index in [-0.39, 0.29) is 33.0 Å². The zero-order valence-electron chi connectivity index (χ0n) is 9.30. The fraction of sp³-hybridized carbons (Fsp3) is 0.889. The predicted octanol–water partition coefficient (Wildman–Crippen LogP) is -2.13. The molecule has 0 aliphatic heterocycles. The number of aliphatic hydroxyl groups excluding tert-OH is 2. The minimum Gasteiger partial charge on any atom is -0.457 e. The Bertz CT molecular complexity index is 189. The largest absolute Gasteiger partial charge is 0.457 e. The van der Waals surface area contributed by atoms with Crippen LogP contribution in [0.2, 0.25) is 0 Å². The number of carbonyl (C=O) groups is 1. The molecule has 0 aromatic carbocycles. The molecule has 0 rings (SSSR count). The van der Waals surface area contributed by atoms with Gasteiger partial charge in [0.15, 0.2) is 0 Å². The van der Waals surface area contributed by atoms with E-state index in [9.17, 15) is 9.90 Å². The highest BCUT2D eigenvalue weighted by atomic mass is 16.6. The Labute approximate surface area is 94.1 Å². The minimum absolute atomic E-state index is 0.00299. The Morgan fingerprint density at radius 3 is 2.56 bits per heavy atom. The van der Waals surface area contributed by atoms with Crippen LogP contribution in [0.1, 0.15) is 0 Å². The summed E-state index contributed by atoms with van der Waals surface area (Å²) in [5, 5.41) is 18.1. The molecule has 7 nitrogen and oxygen atoms in total. The lowest BCUT2D eigenvalue weighted by molar-refractivity contribution is -0.153. The summed E-state index contributed by atoms with van der Waals surface area (Å²) >= 11 is 0. The van der Waals surface area contributed by atoms with E-state index in [1.165, 1.54) is 7.11 Å². The van der Waals surface area contributed by atoms with E-state index in [1.54, 1.807) is 0 Å². The van der Waals surface area contributed by atoms with Gasteiger partial charge in [0.1, 0.15) is 12.2 Å². The van der Waals surface area contributed by atoms with Gasteiger partial charge in [-0.05, 0) is 0 Å². The second-order valence-corrected chi connectivity index (χ2v) is 3.15. The van der Waals surface area contributed by atoms with Crippen LogP contribution in [0.4, 0.5) is 0 Å². The van der Waals surface area contributed by atoms with Gasteiger partial charge in [-0.25, -0.2) is 0 Å². The first-order valence-electron chi connectivity index (χ1n) is 4.89. The fourth-order valence-electron chi connectivity index (χ4n) is 0.934. The number of esters is 1. The van der Waals surface area contributed by atoms with Crippen molar-refractivity contribution in [3.8, 4) is 0 Å². The average molecular weight is 237 g/mol. The van der Waals surface area contributed by atoms with E-state index >= 15 is 0 Å². The second kappa shape index (κ2) is 9.49. The van der Waals surface area contributed by atoms with Gasteiger partial charge in [0.25, 0.3) is 0 Å². The third-order valence-electron chi connectivity index (χ3n) is 1.64. The first kappa shape index (κ1) is 15.3. The van der Waals surface area contributed by atoms with Crippen LogP contribution in [-0.2, 0) is 19.0 Å². The van der Waals surface area contributed by atoms with Crippen molar-refractivity contribution in [2.45, 2.75) is 12.2 Å². The zero-order valence-corrected chi connectivity index (χ0v) is 9.30. The molecule has 96 valence electrons. The molecule has 0 aliphatic carbocycles. The molecule has 2 unspecified atom stereocenters. The Hall–Kier alpha value is -0.730. The standard InChI is InChI=1S/C9H19NO6/c1-14-4-7(12)5-15-6-8(3-11)16-9(13)2-10/h7-8,11-12H,2-6,10H2,1H3. The van der Waals surface area contributed by atoms with Crippen LogP contribution >= 0.6 is 0 Å². The van der Waals surface area contributed by atoms with Crippen molar-refractivity contribution in [2.24, 2.45) is 5.73 Å². The number of aliphatic hydroxyl groups is 2. The third-order valence-corrected chi connectivity index (χ3v) is 1.64. The molecule has 0 heterocycles. The smallest absolute Gasteiger partial charge is 0.320 e. The normalized spacial score (nSPS) is 14.5. The van der Waals surface area contributed by atoms with Crippen molar-refractivity contribution in [2.75, 3.05) is 40.1 Å². The number of methoxy groups -OCH3 is 1. The summed E-state index contributed by atoms with van der Waals surface area (Å²) in [5.74, 6) is -0.611.